The molecule has 156 valence electrons. The molecular formula is C24H20N2O5. The number of ether oxygens (including phenoxy) is 1. The Labute approximate surface area is 178 Å². The predicted molar refractivity (Wildman–Crippen MR) is 113 cm³/mol. The van der Waals surface area contributed by atoms with Crippen LogP contribution in [-0.4, -0.2) is 38.9 Å². The zero-order chi connectivity index (χ0) is 22.0. The molecule has 1 saturated heterocycles. The molecule has 0 spiro atoms. The first kappa shape index (κ1) is 20.2. The first-order chi connectivity index (χ1) is 15.0. The van der Waals surface area contributed by atoms with Gasteiger partial charge in [-0.25, -0.2) is 0 Å². The number of methoxy groups -OCH3 is 1. The van der Waals surface area contributed by atoms with Crippen LogP contribution in [0.3, 0.4) is 0 Å². The second-order valence-electron chi connectivity index (χ2n) is 7.11. The Kier molecular flexibility index (Phi) is 5.41. The Morgan fingerprint density at radius 2 is 1.77 bits per heavy atom. The number of carbonyl (C=O) groups is 2. The highest BCUT2D eigenvalue weighted by atomic mass is 16.5. The standard InChI is InChI=1S/C24H20N2O5/c1-31-19-7-5-16(6-8-19)22(28)20-21(17-3-2-4-18(27)13-17)26(24(30)23(20)29)14-15-9-11-25-12-10-15/h2-13,21,27-28H,14H2,1H3/b22-20-. The Morgan fingerprint density at radius 3 is 2.42 bits per heavy atom. The van der Waals surface area contributed by atoms with E-state index in [2.05, 4.69) is 4.98 Å². The average molecular weight is 416 g/mol. The summed E-state index contributed by atoms with van der Waals surface area (Å²) in [7, 11) is 1.53. The number of amides is 1. The molecule has 2 N–H and O–H groups in total. The van der Waals surface area contributed by atoms with Gasteiger partial charge in [0.15, 0.2) is 0 Å². The molecule has 0 bridgehead atoms. The molecule has 0 aliphatic carbocycles. The fraction of sp³-hybridized carbons (Fsp3) is 0.125. The van der Waals surface area contributed by atoms with E-state index in [-0.39, 0.29) is 23.6 Å². The summed E-state index contributed by atoms with van der Waals surface area (Å²) in [6.45, 7) is 0.146. The van der Waals surface area contributed by atoms with Crippen LogP contribution in [0.2, 0.25) is 0 Å². The molecule has 1 unspecified atom stereocenters. The number of likely N-dealkylation sites (tertiary alicyclic amines) is 1. The zero-order valence-corrected chi connectivity index (χ0v) is 16.7. The van der Waals surface area contributed by atoms with E-state index in [1.165, 1.54) is 24.1 Å². The summed E-state index contributed by atoms with van der Waals surface area (Å²) in [6, 6.07) is 15.5. The van der Waals surface area contributed by atoms with Crippen molar-refractivity contribution in [3.8, 4) is 11.5 Å². The summed E-state index contributed by atoms with van der Waals surface area (Å²) in [4.78, 5) is 31.3. The van der Waals surface area contributed by atoms with Crippen molar-refractivity contribution in [2.45, 2.75) is 12.6 Å². The normalized spacial score (nSPS) is 17.7. The van der Waals surface area contributed by atoms with Gasteiger partial charge < -0.3 is 19.8 Å². The van der Waals surface area contributed by atoms with Crippen molar-refractivity contribution in [1.82, 2.24) is 9.88 Å². The number of phenolic OH excluding ortho intramolecular Hbond substituents is 1. The van der Waals surface area contributed by atoms with E-state index >= 15 is 0 Å². The van der Waals surface area contributed by atoms with Crippen LogP contribution in [0, 0.1) is 0 Å². The van der Waals surface area contributed by atoms with Crippen LogP contribution < -0.4 is 4.74 Å². The number of ketones is 1. The van der Waals surface area contributed by atoms with Crippen LogP contribution in [0.4, 0.5) is 0 Å². The lowest BCUT2D eigenvalue weighted by atomic mass is 9.95. The highest BCUT2D eigenvalue weighted by molar-refractivity contribution is 6.46. The molecule has 1 atom stereocenters. The van der Waals surface area contributed by atoms with Gasteiger partial charge in [0.1, 0.15) is 17.3 Å². The number of phenols is 1. The number of Topliss-reactive ketones (excluding diaryl/α,β-unsaturated/α-hetero) is 1. The fourth-order valence-corrected chi connectivity index (χ4v) is 3.67. The van der Waals surface area contributed by atoms with E-state index in [0.717, 1.165) is 5.56 Å². The first-order valence-electron chi connectivity index (χ1n) is 9.60. The van der Waals surface area contributed by atoms with Crippen LogP contribution in [0.5, 0.6) is 11.5 Å². The summed E-state index contributed by atoms with van der Waals surface area (Å²) in [6.07, 6.45) is 3.21. The van der Waals surface area contributed by atoms with Crippen molar-refractivity contribution in [3.63, 3.8) is 0 Å². The molecule has 1 aromatic heterocycles. The van der Waals surface area contributed by atoms with Crippen LogP contribution >= 0.6 is 0 Å². The molecule has 3 aromatic rings. The molecule has 2 heterocycles. The van der Waals surface area contributed by atoms with Gasteiger partial charge in [0, 0.05) is 24.5 Å². The molecule has 0 saturated carbocycles. The quantitative estimate of drug-likeness (QED) is 0.376. The number of benzene rings is 2. The highest BCUT2D eigenvalue weighted by Gasteiger charge is 2.46. The monoisotopic (exact) mass is 416 g/mol. The SMILES string of the molecule is COc1ccc(/C(O)=C2/C(=O)C(=O)N(Cc3ccncc3)C2c2cccc(O)c2)cc1. The van der Waals surface area contributed by atoms with Gasteiger partial charge in [0.05, 0.1) is 18.7 Å². The Morgan fingerprint density at radius 1 is 1.06 bits per heavy atom. The zero-order valence-electron chi connectivity index (χ0n) is 16.7. The third-order valence-electron chi connectivity index (χ3n) is 5.19. The molecule has 31 heavy (non-hydrogen) atoms. The molecular weight excluding hydrogens is 396 g/mol. The first-order valence-corrected chi connectivity index (χ1v) is 9.60. The largest absolute Gasteiger partial charge is 0.508 e. The maximum absolute atomic E-state index is 13.0. The van der Waals surface area contributed by atoms with Gasteiger partial charge in [0.2, 0.25) is 0 Å². The minimum absolute atomic E-state index is 0.00329. The van der Waals surface area contributed by atoms with Crippen LogP contribution in [0.25, 0.3) is 5.76 Å². The van der Waals surface area contributed by atoms with Crippen LogP contribution in [0.15, 0.2) is 78.6 Å². The summed E-state index contributed by atoms with van der Waals surface area (Å²) >= 11 is 0. The number of aliphatic hydroxyl groups is 1. The predicted octanol–water partition coefficient (Wildman–Crippen LogP) is 3.42. The summed E-state index contributed by atoms with van der Waals surface area (Å²) < 4.78 is 5.14. The third-order valence-corrected chi connectivity index (χ3v) is 5.19. The number of aliphatic hydroxyl groups excluding tert-OH is 1. The number of nitrogens with zero attached hydrogens (tertiary/aromatic N) is 2. The Hall–Kier alpha value is -4.13. The molecule has 4 rings (SSSR count). The van der Waals surface area contributed by atoms with Gasteiger partial charge >= 0.3 is 0 Å². The van der Waals surface area contributed by atoms with Gasteiger partial charge in [-0.05, 0) is 59.7 Å². The lowest BCUT2D eigenvalue weighted by Gasteiger charge is -2.25. The van der Waals surface area contributed by atoms with Crippen LogP contribution in [0.1, 0.15) is 22.7 Å². The van der Waals surface area contributed by atoms with Crippen molar-refractivity contribution in [3.05, 3.63) is 95.3 Å². The summed E-state index contributed by atoms with van der Waals surface area (Å²) in [5.74, 6) is -1.20. The molecule has 7 nitrogen and oxygen atoms in total. The van der Waals surface area contributed by atoms with Crippen LogP contribution in [-0.2, 0) is 16.1 Å². The number of rotatable bonds is 5. The molecule has 1 amide bonds. The number of hydrogen-bond donors (Lipinski definition) is 2. The second kappa shape index (κ2) is 8.31. The van der Waals surface area contributed by atoms with E-state index < -0.39 is 17.7 Å². The Bertz CT molecular complexity index is 1160. The number of aromatic hydroxyl groups is 1. The smallest absolute Gasteiger partial charge is 0.295 e. The van der Waals surface area contributed by atoms with Crippen molar-refractivity contribution in [2.75, 3.05) is 7.11 Å². The van der Waals surface area contributed by atoms with E-state index in [0.29, 0.717) is 16.9 Å². The molecule has 1 aliphatic heterocycles. The van der Waals surface area contributed by atoms with Crippen molar-refractivity contribution >= 4 is 17.4 Å². The third kappa shape index (κ3) is 3.85. The van der Waals surface area contributed by atoms with Gasteiger partial charge in [-0.1, -0.05) is 12.1 Å². The number of pyridine rings is 1. The minimum Gasteiger partial charge on any atom is -0.508 e. The Balaban J connectivity index is 1.85. The number of aromatic nitrogens is 1. The van der Waals surface area contributed by atoms with E-state index in [1.54, 1.807) is 60.9 Å². The summed E-state index contributed by atoms with van der Waals surface area (Å²) in [5, 5.41) is 21.0. The topological polar surface area (TPSA) is 100.0 Å². The number of hydrogen-bond acceptors (Lipinski definition) is 6. The lowest BCUT2D eigenvalue weighted by molar-refractivity contribution is -0.140. The molecule has 1 aliphatic rings. The summed E-state index contributed by atoms with van der Waals surface area (Å²) in [5.41, 5.74) is 1.65. The van der Waals surface area contributed by atoms with Gasteiger partial charge in [-0.15, -0.1) is 0 Å². The fourth-order valence-electron chi connectivity index (χ4n) is 3.67. The maximum Gasteiger partial charge on any atom is 0.295 e. The van der Waals surface area contributed by atoms with Gasteiger partial charge in [0.25, 0.3) is 11.7 Å². The molecule has 1 fully saturated rings. The number of carbonyl (C=O) groups excluding carboxylic acids is 2. The minimum atomic E-state index is -0.859. The van der Waals surface area contributed by atoms with Crippen molar-refractivity contribution in [2.24, 2.45) is 0 Å². The molecule has 7 heteroatoms. The average Bonchev–Trinajstić information content (AvgIpc) is 3.04. The van der Waals surface area contributed by atoms with Crippen molar-refractivity contribution < 1.29 is 24.5 Å². The maximum atomic E-state index is 13.0. The lowest BCUT2D eigenvalue weighted by Crippen LogP contribution is -2.29. The van der Waals surface area contributed by atoms with Gasteiger partial charge in [-0.3, -0.25) is 14.6 Å². The van der Waals surface area contributed by atoms with E-state index in [1.807, 2.05) is 0 Å². The second-order valence-corrected chi connectivity index (χ2v) is 7.11. The van der Waals surface area contributed by atoms with E-state index in [9.17, 15) is 19.8 Å². The highest BCUT2D eigenvalue weighted by Crippen LogP contribution is 2.41. The van der Waals surface area contributed by atoms with Crippen molar-refractivity contribution in [1.29, 1.82) is 0 Å². The molecule has 2 aromatic carbocycles. The van der Waals surface area contributed by atoms with Gasteiger partial charge in [-0.2, -0.15) is 0 Å². The van der Waals surface area contributed by atoms with E-state index in [4.69, 9.17) is 4.74 Å². The molecule has 0 radical (unpaired) electrons.